The molecule has 9 nitrogen and oxygen atoms in total. The third-order valence-corrected chi connectivity index (χ3v) is 9.64. The highest BCUT2D eigenvalue weighted by Crippen LogP contribution is 2.33. The second-order valence-electron chi connectivity index (χ2n) is 10.4. The fourth-order valence-electron chi connectivity index (χ4n) is 4.54. The van der Waals surface area contributed by atoms with Crippen LogP contribution in [0, 0.1) is 6.92 Å². The fourth-order valence-corrected chi connectivity index (χ4v) is 6.44. The lowest BCUT2D eigenvalue weighted by Crippen LogP contribution is -2.53. The molecule has 0 unspecified atom stereocenters. The summed E-state index contributed by atoms with van der Waals surface area (Å²) < 4.78 is 40.0. The average Bonchev–Trinajstić information content (AvgIpc) is 3.00. The van der Waals surface area contributed by atoms with E-state index >= 15 is 0 Å². The van der Waals surface area contributed by atoms with Crippen molar-refractivity contribution in [3.05, 3.63) is 81.8 Å². The number of hydrogen-bond donors (Lipinski definition) is 1. The number of hydrogen-bond acceptors (Lipinski definition) is 6. The van der Waals surface area contributed by atoms with E-state index in [2.05, 4.69) is 5.32 Å². The Kier molecular flexibility index (Phi) is 12.3. The molecule has 44 heavy (non-hydrogen) atoms. The van der Waals surface area contributed by atoms with Gasteiger partial charge >= 0.3 is 0 Å². The number of nitrogens with one attached hydrogen (secondary N) is 1. The van der Waals surface area contributed by atoms with Gasteiger partial charge in [0.2, 0.25) is 11.8 Å². The molecule has 0 bridgehead atoms. The smallest absolute Gasteiger partial charge is 0.264 e. The summed E-state index contributed by atoms with van der Waals surface area (Å²) in [5.74, 6) is -0.360. The zero-order chi connectivity index (χ0) is 32.6. The van der Waals surface area contributed by atoms with E-state index in [1.165, 1.54) is 37.3 Å². The van der Waals surface area contributed by atoms with Crippen molar-refractivity contribution in [2.24, 2.45) is 0 Å². The first kappa shape index (κ1) is 35.0. The zero-order valence-corrected chi connectivity index (χ0v) is 28.1. The number of amides is 2. The fraction of sp³-hybridized carbons (Fsp3) is 0.375. The third kappa shape index (κ3) is 8.37. The molecule has 0 saturated carbocycles. The molecule has 0 aromatic heterocycles. The Morgan fingerprint density at radius 3 is 2.14 bits per heavy atom. The summed E-state index contributed by atoms with van der Waals surface area (Å²) in [4.78, 5) is 29.0. The predicted octanol–water partition coefficient (Wildman–Crippen LogP) is 6.24. The van der Waals surface area contributed by atoms with E-state index in [-0.39, 0.29) is 41.2 Å². The molecule has 3 aromatic carbocycles. The van der Waals surface area contributed by atoms with Gasteiger partial charge in [-0.15, -0.1) is 0 Å². The molecule has 0 aliphatic carbocycles. The van der Waals surface area contributed by atoms with E-state index in [0.29, 0.717) is 27.8 Å². The van der Waals surface area contributed by atoms with Gasteiger partial charge in [0, 0.05) is 28.7 Å². The summed E-state index contributed by atoms with van der Waals surface area (Å²) in [6.07, 6.45) is 0.982. The number of anilines is 1. The Morgan fingerprint density at radius 2 is 1.57 bits per heavy atom. The number of halogens is 2. The van der Waals surface area contributed by atoms with Crippen LogP contribution >= 0.6 is 23.2 Å². The van der Waals surface area contributed by atoms with E-state index in [1.54, 1.807) is 49.4 Å². The highest BCUT2D eigenvalue weighted by molar-refractivity contribution is 7.92. The van der Waals surface area contributed by atoms with Crippen LogP contribution in [-0.2, 0) is 26.2 Å². The van der Waals surface area contributed by atoms with Crippen molar-refractivity contribution in [1.29, 1.82) is 0 Å². The maximum absolute atomic E-state index is 14.3. The van der Waals surface area contributed by atoms with Gasteiger partial charge in [0.05, 0.1) is 24.8 Å². The number of benzene rings is 3. The molecule has 1 N–H and O–H groups in total. The molecule has 2 atom stereocenters. The first-order chi connectivity index (χ1) is 20.9. The number of rotatable bonds is 14. The Balaban J connectivity index is 2.12. The summed E-state index contributed by atoms with van der Waals surface area (Å²) in [7, 11) is -1.45. The monoisotopic (exact) mass is 663 g/mol. The number of carbonyl (C=O) groups is 2. The van der Waals surface area contributed by atoms with Crippen LogP contribution in [0.4, 0.5) is 5.69 Å². The van der Waals surface area contributed by atoms with Gasteiger partial charge in [0.15, 0.2) is 11.5 Å². The van der Waals surface area contributed by atoms with Gasteiger partial charge in [0.25, 0.3) is 10.0 Å². The van der Waals surface area contributed by atoms with E-state index in [4.69, 9.17) is 32.7 Å². The maximum Gasteiger partial charge on any atom is 0.264 e. The summed E-state index contributed by atoms with van der Waals surface area (Å²) in [5, 5.41) is 3.69. The number of carbonyl (C=O) groups excluding carboxylic acids is 2. The van der Waals surface area contributed by atoms with E-state index in [9.17, 15) is 18.0 Å². The van der Waals surface area contributed by atoms with Crippen molar-refractivity contribution in [3.8, 4) is 11.5 Å². The van der Waals surface area contributed by atoms with Gasteiger partial charge in [-0.3, -0.25) is 13.9 Å². The lowest BCUT2D eigenvalue weighted by molar-refractivity contribution is -0.140. The molecule has 3 rings (SSSR count). The van der Waals surface area contributed by atoms with Crippen LogP contribution in [0.3, 0.4) is 0 Å². The van der Waals surface area contributed by atoms with Crippen LogP contribution in [0.2, 0.25) is 10.0 Å². The van der Waals surface area contributed by atoms with Crippen molar-refractivity contribution < 1.29 is 27.5 Å². The number of aryl methyl sites for hydroxylation is 1. The number of ether oxygens (including phenoxy) is 2. The van der Waals surface area contributed by atoms with Crippen molar-refractivity contribution in [2.75, 3.05) is 25.1 Å². The topological polar surface area (TPSA) is 105 Å². The number of nitrogens with zero attached hydrogens (tertiary/aromatic N) is 2. The highest BCUT2D eigenvalue weighted by atomic mass is 35.5. The minimum atomic E-state index is -4.31. The van der Waals surface area contributed by atoms with Crippen molar-refractivity contribution in [3.63, 3.8) is 0 Å². The van der Waals surface area contributed by atoms with Crippen LogP contribution < -0.4 is 19.1 Å². The molecule has 0 radical (unpaired) electrons. The normalized spacial score (nSPS) is 12.6. The van der Waals surface area contributed by atoms with E-state index in [0.717, 1.165) is 9.87 Å². The number of sulfonamides is 1. The summed E-state index contributed by atoms with van der Waals surface area (Å²) in [6, 6.07) is 14.9. The van der Waals surface area contributed by atoms with E-state index < -0.39 is 28.5 Å². The second-order valence-corrected chi connectivity index (χ2v) is 13.1. The molecular formula is C32H39Cl2N3O6S. The molecule has 0 saturated heterocycles. The Hall–Kier alpha value is -3.47. The van der Waals surface area contributed by atoms with Gasteiger partial charge in [-0.25, -0.2) is 8.42 Å². The minimum absolute atomic E-state index is 0.0422. The predicted molar refractivity (Wildman–Crippen MR) is 174 cm³/mol. The van der Waals surface area contributed by atoms with Gasteiger partial charge in [-0.2, -0.15) is 0 Å². The molecule has 0 heterocycles. The molecule has 3 aromatic rings. The van der Waals surface area contributed by atoms with Gasteiger partial charge in [0.1, 0.15) is 12.6 Å². The van der Waals surface area contributed by atoms with E-state index in [1.807, 2.05) is 20.8 Å². The first-order valence-electron chi connectivity index (χ1n) is 14.2. The van der Waals surface area contributed by atoms with Crippen LogP contribution in [0.15, 0.2) is 65.6 Å². The Labute approximate surface area is 270 Å². The maximum atomic E-state index is 14.3. The van der Waals surface area contributed by atoms with Crippen molar-refractivity contribution >= 4 is 50.7 Å². The number of methoxy groups -OCH3 is 2. The Morgan fingerprint density at radius 1 is 0.909 bits per heavy atom. The lowest BCUT2D eigenvalue weighted by atomic mass is 10.1. The molecule has 12 heteroatoms. The summed E-state index contributed by atoms with van der Waals surface area (Å²) in [6.45, 7) is 6.87. The molecule has 238 valence electrons. The van der Waals surface area contributed by atoms with Gasteiger partial charge in [-0.1, -0.05) is 60.8 Å². The van der Waals surface area contributed by atoms with Crippen molar-refractivity contribution in [1.82, 2.24) is 10.2 Å². The summed E-state index contributed by atoms with van der Waals surface area (Å²) in [5.41, 5.74) is 1.75. The van der Waals surface area contributed by atoms with Crippen LogP contribution in [0.5, 0.6) is 11.5 Å². The average molecular weight is 665 g/mol. The molecule has 0 aliphatic rings. The molecule has 0 spiro atoms. The molecular weight excluding hydrogens is 625 g/mol. The second kappa shape index (κ2) is 15.5. The zero-order valence-electron chi connectivity index (χ0n) is 25.8. The lowest BCUT2D eigenvalue weighted by Gasteiger charge is -2.34. The molecule has 0 fully saturated rings. The Bertz CT molecular complexity index is 1570. The molecule has 0 aliphatic heterocycles. The molecule has 2 amide bonds. The van der Waals surface area contributed by atoms with Gasteiger partial charge < -0.3 is 19.7 Å². The first-order valence-corrected chi connectivity index (χ1v) is 16.4. The third-order valence-electron chi connectivity index (χ3n) is 7.29. The standard InChI is InChI=1S/C32H39Cl2N3O6S/c1-7-22(4)35-32(39)28(8-2)36(19-23-11-12-24(33)17-27(23)34)31(38)20-37(25-13-9-21(3)10-14-25)44(40,41)26-15-16-29(42-5)30(18-26)43-6/h9-18,22,28H,7-8,19-20H2,1-6H3,(H,35,39)/t22-,28-/m1/s1. The largest absolute Gasteiger partial charge is 0.493 e. The highest BCUT2D eigenvalue weighted by Gasteiger charge is 2.34. The SMILES string of the molecule is CC[C@@H](C)NC(=O)[C@@H](CC)N(Cc1ccc(Cl)cc1Cl)C(=O)CN(c1ccc(C)cc1)S(=O)(=O)c1ccc(OC)c(OC)c1. The van der Waals surface area contributed by atoms with Crippen LogP contribution in [0.25, 0.3) is 0 Å². The quantitative estimate of drug-likeness (QED) is 0.219. The van der Waals surface area contributed by atoms with Crippen LogP contribution in [-0.4, -0.2) is 58.0 Å². The summed E-state index contributed by atoms with van der Waals surface area (Å²) >= 11 is 12.6. The van der Waals surface area contributed by atoms with Gasteiger partial charge in [-0.05, 0) is 68.7 Å². The minimum Gasteiger partial charge on any atom is -0.493 e. The van der Waals surface area contributed by atoms with Crippen molar-refractivity contribution in [2.45, 2.75) is 64.1 Å². The van der Waals surface area contributed by atoms with Crippen LogP contribution in [0.1, 0.15) is 44.7 Å².